The Balaban J connectivity index is 1.51. The van der Waals surface area contributed by atoms with Gasteiger partial charge in [-0.25, -0.2) is 4.39 Å². The maximum Gasteiger partial charge on any atom is 0.262 e. The van der Waals surface area contributed by atoms with Crippen molar-refractivity contribution in [1.82, 2.24) is 4.90 Å². The molecule has 0 aliphatic carbocycles. The lowest BCUT2D eigenvalue weighted by Crippen LogP contribution is -2.32. The molecular weight excluding hydrogens is 347 g/mol. The van der Waals surface area contributed by atoms with Crippen molar-refractivity contribution in [3.63, 3.8) is 0 Å². The smallest absolute Gasteiger partial charge is 0.262 e. The van der Waals surface area contributed by atoms with Crippen molar-refractivity contribution in [2.45, 2.75) is 13.3 Å². The van der Waals surface area contributed by atoms with Crippen LogP contribution in [0.25, 0.3) is 5.57 Å². The molecule has 1 N–H and O–H groups in total. The predicted molar refractivity (Wildman–Crippen MR) is 102 cm³/mol. The van der Waals surface area contributed by atoms with Crippen molar-refractivity contribution in [2.75, 3.05) is 25.0 Å². The van der Waals surface area contributed by atoms with Crippen LogP contribution >= 0.6 is 0 Å². The molecule has 1 aliphatic heterocycles. The van der Waals surface area contributed by atoms with Gasteiger partial charge in [0.2, 0.25) is 5.91 Å². The Bertz CT molecular complexity index is 845. The van der Waals surface area contributed by atoms with E-state index in [0.29, 0.717) is 18.0 Å². The van der Waals surface area contributed by atoms with Crippen LogP contribution in [0.2, 0.25) is 0 Å². The fourth-order valence-electron chi connectivity index (χ4n) is 2.86. The fourth-order valence-corrected chi connectivity index (χ4v) is 2.86. The van der Waals surface area contributed by atoms with Gasteiger partial charge < -0.3 is 15.0 Å². The standard InChI is InChI=1S/C21H21FN2O3/c1-15(25)24-12-10-17(11-13-24)16-2-8-20(9-3-16)27-14-21(26)23-19-6-4-18(22)5-7-19/h2-10H,11-14H2,1H3,(H,23,26). The quantitative estimate of drug-likeness (QED) is 0.879. The molecule has 1 aliphatic rings. The summed E-state index contributed by atoms with van der Waals surface area (Å²) < 4.78 is 18.4. The van der Waals surface area contributed by atoms with E-state index < -0.39 is 0 Å². The van der Waals surface area contributed by atoms with E-state index in [4.69, 9.17) is 4.74 Å². The third-order valence-corrected chi connectivity index (χ3v) is 4.38. The van der Waals surface area contributed by atoms with E-state index in [0.717, 1.165) is 18.5 Å². The summed E-state index contributed by atoms with van der Waals surface area (Å²) >= 11 is 0. The summed E-state index contributed by atoms with van der Waals surface area (Å²) in [6.45, 7) is 2.81. The van der Waals surface area contributed by atoms with Crippen LogP contribution < -0.4 is 10.1 Å². The van der Waals surface area contributed by atoms with E-state index in [2.05, 4.69) is 11.4 Å². The van der Waals surface area contributed by atoms with Crippen molar-refractivity contribution in [2.24, 2.45) is 0 Å². The van der Waals surface area contributed by atoms with Gasteiger partial charge in [-0.3, -0.25) is 9.59 Å². The molecular formula is C21H21FN2O3. The molecule has 2 aromatic carbocycles. The highest BCUT2D eigenvalue weighted by atomic mass is 19.1. The van der Waals surface area contributed by atoms with Crippen LogP contribution in [-0.4, -0.2) is 36.4 Å². The average Bonchev–Trinajstić information content (AvgIpc) is 2.69. The Morgan fingerprint density at radius 3 is 2.41 bits per heavy atom. The zero-order valence-electron chi connectivity index (χ0n) is 15.1. The molecule has 0 fully saturated rings. The lowest BCUT2D eigenvalue weighted by molar-refractivity contribution is -0.128. The van der Waals surface area contributed by atoms with Gasteiger partial charge in [-0.1, -0.05) is 18.2 Å². The topological polar surface area (TPSA) is 58.6 Å². The van der Waals surface area contributed by atoms with Crippen LogP contribution in [0.15, 0.2) is 54.6 Å². The van der Waals surface area contributed by atoms with Crippen LogP contribution in [0.1, 0.15) is 18.9 Å². The highest BCUT2D eigenvalue weighted by Crippen LogP contribution is 2.24. The number of nitrogens with one attached hydrogen (secondary N) is 1. The number of amides is 2. The van der Waals surface area contributed by atoms with Gasteiger partial charge in [0.05, 0.1) is 0 Å². The summed E-state index contributed by atoms with van der Waals surface area (Å²) in [4.78, 5) is 25.1. The third-order valence-electron chi connectivity index (χ3n) is 4.38. The minimum Gasteiger partial charge on any atom is -0.484 e. The summed E-state index contributed by atoms with van der Waals surface area (Å²) in [5.74, 6) is 0.0131. The molecule has 5 nitrogen and oxygen atoms in total. The monoisotopic (exact) mass is 368 g/mol. The van der Waals surface area contributed by atoms with Gasteiger partial charge in [-0.05, 0) is 54.0 Å². The van der Waals surface area contributed by atoms with E-state index >= 15 is 0 Å². The number of carbonyl (C=O) groups excluding carboxylic acids is 2. The molecule has 0 radical (unpaired) electrons. The average molecular weight is 368 g/mol. The molecule has 1 heterocycles. The van der Waals surface area contributed by atoms with E-state index in [-0.39, 0.29) is 24.2 Å². The number of nitrogens with zero attached hydrogens (tertiary/aromatic N) is 1. The van der Waals surface area contributed by atoms with Crippen LogP contribution in [-0.2, 0) is 9.59 Å². The predicted octanol–water partition coefficient (Wildman–Crippen LogP) is 3.48. The maximum atomic E-state index is 12.9. The first kappa shape index (κ1) is 18.6. The molecule has 2 aromatic rings. The number of anilines is 1. The van der Waals surface area contributed by atoms with Gasteiger partial charge in [0.25, 0.3) is 5.91 Å². The van der Waals surface area contributed by atoms with Gasteiger partial charge in [-0.15, -0.1) is 0 Å². The second kappa shape index (κ2) is 8.49. The number of halogens is 1. The fraction of sp³-hybridized carbons (Fsp3) is 0.238. The minimum absolute atomic E-state index is 0.0907. The highest BCUT2D eigenvalue weighted by molar-refractivity contribution is 5.91. The minimum atomic E-state index is -0.355. The molecule has 0 atom stereocenters. The van der Waals surface area contributed by atoms with Crippen molar-refractivity contribution < 1.29 is 18.7 Å². The van der Waals surface area contributed by atoms with Crippen LogP contribution in [0.3, 0.4) is 0 Å². The molecule has 0 aromatic heterocycles. The number of hydrogen-bond donors (Lipinski definition) is 1. The van der Waals surface area contributed by atoms with Crippen LogP contribution in [0.4, 0.5) is 10.1 Å². The Morgan fingerprint density at radius 2 is 1.81 bits per heavy atom. The molecule has 2 amide bonds. The molecule has 0 bridgehead atoms. The van der Waals surface area contributed by atoms with Crippen molar-refractivity contribution in [3.8, 4) is 5.75 Å². The van der Waals surface area contributed by atoms with Crippen molar-refractivity contribution in [1.29, 1.82) is 0 Å². The lowest BCUT2D eigenvalue weighted by atomic mass is 9.99. The third kappa shape index (κ3) is 5.17. The maximum absolute atomic E-state index is 12.9. The molecule has 0 spiro atoms. The largest absolute Gasteiger partial charge is 0.484 e. The SMILES string of the molecule is CC(=O)N1CC=C(c2ccc(OCC(=O)Nc3ccc(F)cc3)cc2)CC1. The summed E-state index contributed by atoms with van der Waals surface area (Å²) in [5, 5.41) is 2.64. The number of ether oxygens (including phenoxy) is 1. The van der Waals surface area contributed by atoms with Gasteiger partial charge >= 0.3 is 0 Å². The Hall–Kier alpha value is -3.15. The van der Waals surface area contributed by atoms with Crippen LogP contribution in [0.5, 0.6) is 5.75 Å². The molecule has 0 unspecified atom stereocenters. The summed E-state index contributed by atoms with van der Waals surface area (Å²) in [6.07, 6.45) is 2.89. The number of carbonyl (C=O) groups is 2. The molecule has 3 rings (SSSR count). The van der Waals surface area contributed by atoms with Crippen molar-refractivity contribution >= 4 is 23.1 Å². The van der Waals surface area contributed by atoms with Gasteiger partial charge in [-0.2, -0.15) is 0 Å². The molecule has 27 heavy (non-hydrogen) atoms. The van der Waals surface area contributed by atoms with Gasteiger partial charge in [0.1, 0.15) is 11.6 Å². The van der Waals surface area contributed by atoms with E-state index in [1.807, 2.05) is 24.3 Å². The highest BCUT2D eigenvalue weighted by Gasteiger charge is 2.14. The molecule has 0 saturated carbocycles. The zero-order chi connectivity index (χ0) is 19.2. The Labute approximate surface area is 157 Å². The van der Waals surface area contributed by atoms with Crippen molar-refractivity contribution in [3.05, 3.63) is 66.0 Å². The lowest BCUT2D eigenvalue weighted by Gasteiger charge is -2.25. The number of hydrogen-bond acceptors (Lipinski definition) is 3. The van der Waals surface area contributed by atoms with E-state index in [1.54, 1.807) is 11.8 Å². The van der Waals surface area contributed by atoms with Crippen LogP contribution in [0, 0.1) is 5.82 Å². The zero-order valence-corrected chi connectivity index (χ0v) is 15.1. The first-order chi connectivity index (χ1) is 13.0. The molecule has 0 saturated heterocycles. The van der Waals surface area contributed by atoms with Gasteiger partial charge in [0, 0.05) is 25.7 Å². The second-order valence-electron chi connectivity index (χ2n) is 6.31. The number of benzene rings is 2. The molecule has 6 heteroatoms. The first-order valence-electron chi connectivity index (χ1n) is 8.74. The van der Waals surface area contributed by atoms with E-state index in [1.165, 1.54) is 29.8 Å². The molecule has 140 valence electrons. The Morgan fingerprint density at radius 1 is 1.11 bits per heavy atom. The summed E-state index contributed by atoms with van der Waals surface area (Å²) in [7, 11) is 0. The second-order valence-corrected chi connectivity index (χ2v) is 6.31. The summed E-state index contributed by atoms with van der Waals surface area (Å²) in [5.41, 5.74) is 2.80. The number of rotatable bonds is 5. The first-order valence-corrected chi connectivity index (χ1v) is 8.74. The normalized spacial score (nSPS) is 13.7. The van der Waals surface area contributed by atoms with E-state index in [9.17, 15) is 14.0 Å². The Kier molecular flexibility index (Phi) is 5.86. The van der Waals surface area contributed by atoms with Gasteiger partial charge in [0.15, 0.2) is 6.61 Å². The summed E-state index contributed by atoms with van der Waals surface area (Å²) in [6, 6.07) is 13.1.